The van der Waals surface area contributed by atoms with Crippen molar-refractivity contribution in [2.75, 3.05) is 13.1 Å². The topological polar surface area (TPSA) is 71.8 Å². The summed E-state index contributed by atoms with van der Waals surface area (Å²) in [4.78, 5) is 16.6. The third kappa shape index (κ3) is 4.69. The van der Waals surface area contributed by atoms with Crippen LogP contribution < -0.4 is 10.6 Å². The summed E-state index contributed by atoms with van der Waals surface area (Å²) in [5.41, 5.74) is 2.55. The number of pyridine rings is 1. The number of hydrogen-bond acceptors (Lipinski definition) is 4. The van der Waals surface area contributed by atoms with E-state index in [-0.39, 0.29) is 36.8 Å². The number of carbonyl (C=O) groups excluding carboxylic acids is 1. The van der Waals surface area contributed by atoms with Gasteiger partial charge in [-0.1, -0.05) is 0 Å². The molecule has 0 unspecified atom stereocenters. The van der Waals surface area contributed by atoms with Gasteiger partial charge in [-0.2, -0.15) is 5.10 Å². The monoisotopic (exact) mass is 371 g/mol. The molecule has 1 amide bonds. The lowest BCUT2D eigenvalue weighted by atomic mass is 10.1. The second-order valence-electron chi connectivity index (χ2n) is 5.76. The summed E-state index contributed by atoms with van der Waals surface area (Å²) < 4.78 is 1.78. The lowest BCUT2D eigenvalue weighted by Crippen LogP contribution is -2.45. The molecule has 0 spiro atoms. The number of carbonyl (C=O) groups is 1. The fourth-order valence-corrected chi connectivity index (χ4v) is 2.75. The summed E-state index contributed by atoms with van der Waals surface area (Å²) >= 11 is 0. The molecule has 0 radical (unpaired) electrons. The van der Waals surface area contributed by atoms with Gasteiger partial charge in [0.25, 0.3) is 5.91 Å². The predicted octanol–water partition coefficient (Wildman–Crippen LogP) is 2.21. The Hall–Kier alpha value is -1.63. The van der Waals surface area contributed by atoms with E-state index in [9.17, 15) is 4.79 Å². The van der Waals surface area contributed by atoms with E-state index >= 15 is 0 Å². The molecule has 2 aromatic heterocycles. The Morgan fingerprint density at radius 2 is 2.12 bits per heavy atom. The van der Waals surface area contributed by atoms with Crippen LogP contribution in [0.1, 0.15) is 34.6 Å². The van der Waals surface area contributed by atoms with Crippen LogP contribution in [0.5, 0.6) is 0 Å². The van der Waals surface area contributed by atoms with Gasteiger partial charge < -0.3 is 10.6 Å². The van der Waals surface area contributed by atoms with E-state index in [1.807, 2.05) is 26.0 Å². The summed E-state index contributed by atoms with van der Waals surface area (Å²) in [5.74, 6) is 0.655. The molecule has 2 N–H and O–H groups in total. The zero-order chi connectivity index (χ0) is 15.5. The minimum absolute atomic E-state index is 0. The third-order valence-electron chi connectivity index (χ3n) is 3.87. The highest BCUT2D eigenvalue weighted by atomic mass is 35.5. The Morgan fingerprint density at radius 3 is 2.67 bits per heavy atom. The van der Waals surface area contributed by atoms with Crippen molar-refractivity contribution in [3.63, 3.8) is 0 Å². The van der Waals surface area contributed by atoms with E-state index < -0.39 is 0 Å². The second kappa shape index (κ2) is 9.01. The second-order valence-corrected chi connectivity index (χ2v) is 5.76. The van der Waals surface area contributed by atoms with Crippen molar-refractivity contribution >= 4 is 30.7 Å². The Kier molecular flexibility index (Phi) is 7.66. The van der Waals surface area contributed by atoms with Crippen LogP contribution >= 0.6 is 24.8 Å². The van der Waals surface area contributed by atoms with E-state index in [4.69, 9.17) is 0 Å². The summed E-state index contributed by atoms with van der Waals surface area (Å²) in [6.45, 7) is 5.80. The molecule has 24 heavy (non-hydrogen) atoms. The van der Waals surface area contributed by atoms with Crippen molar-refractivity contribution in [1.82, 2.24) is 25.4 Å². The molecule has 0 aliphatic carbocycles. The standard InChI is InChI=1S/C16H21N5O.2ClH/c1-11-8-12(2)21(20-11)15-6-5-13(9-18-15)16(22)19-14-4-3-7-17-10-14;;/h5-6,8-9,14,17H,3-4,7,10H2,1-2H3,(H,19,22);2*1H/t14-;;/m0../s1. The maximum Gasteiger partial charge on any atom is 0.253 e. The summed E-state index contributed by atoms with van der Waals surface area (Å²) in [6.07, 6.45) is 3.73. The van der Waals surface area contributed by atoms with Crippen molar-refractivity contribution < 1.29 is 4.79 Å². The van der Waals surface area contributed by atoms with Crippen LogP contribution in [0.25, 0.3) is 5.82 Å². The lowest BCUT2D eigenvalue weighted by Gasteiger charge is -2.23. The first kappa shape index (κ1) is 20.4. The highest BCUT2D eigenvalue weighted by Gasteiger charge is 2.16. The zero-order valence-electron chi connectivity index (χ0n) is 13.8. The van der Waals surface area contributed by atoms with Crippen LogP contribution in [-0.2, 0) is 0 Å². The quantitative estimate of drug-likeness (QED) is 0.867. The van der Waals surface area contributed by atoms with Gasteiger partial charge in [0.15, 0.2) is 5.82 Å². The van der Waals surface area contributed by atoms with E-state index in [1.54, 1.807) is 16.9 Å². The Labute approximate surface area is 154 Å². The molecule has 8 heteroatoms. The van der Waals surface area contributed by atoms with Crippen LogP contribution in [0, 0.1) is 13.8 Å². The number of halogens is 2. The fourth-order valence-electron chi connectivity index (χ4n) is 2.75. The largest absolute Gasteiger partial charge is 0.348 e. The van der Waals surface area contributed by atoms with Gasteiger partial charge in [-0.3, -0.25) is 4.79 Å². The molecule has 2 aromatic rings. The maximum absolute atomic E-state index is 12.2. The van der Waals surface area contributed by atoms with Crippen molar-refractivity contribution in [3.8, 4) is 5.82 Å². The molecule has 1 aliphatic heterocycles. The van der Waals surface area contributed by atoms with Crippen molar-refractivity contribution in [1.29, 1.82) is 0 Å². The summed E-state index contributed by atoms with van der Waals surface area (Å²) in [7, 11) is 0. The van der Waals surface area contributed by atoms with Crippen molar-refractivity contribution in [2.45, 2.75) is 32.7 Å². The van der Waals surface area contributed by atoms with Crippen LogP contribution in [-0.4, -0.2) is 39.8 Å². The molecular weight excluding hydrogens is 349 g/mol. The number of rotatable bonds is 3. The van der Waals surface area contributed by atoms with Crippen molar-refractivity contribution in [2.24, 2.45) is 0 Å². The molecule has 1 saturated heterocycles. The van der Waals surface area contributed by atoms with Crippen LogP contribution in [0.4, 0.5) is 0 Å². The smallest absolute Gasteiger partial charge is 0.253 e. The minimum Gasteiger partial charge on any atom is -0.348 e. The average molecular weight is 372 g/mol. The van der Waals surface area contributed by atoms with Gasteiger partial charge in [-0.15, -0.1) is 24.8 Å². The number of piperidine rings is 1. The number of nitrogens with zero attached hydrogens (tertiary/aromatic N) is 3. The summed E-state index contributed by atoms with van der Waals surface area (Å²) in [5, 5.41) is 10.7. The van der Waals surface area contributed by atoms with Crippen molar-refractivity contribution in [3.05, 3.63) is 41.3 Å². The Bertz CT molecular complexity index is 666. The lowest BCUT2D eigenvalue weighted by molar-refractivity contribution is 0.0930. The molecule has 132 valence electrons. The first-order valence-corrected chi connectivity index (χ1v) is 7.65. The van der Waals surface area contributed by atoms with Gasteiger partial charge in [0, 0.05) is 24.5 Å². The van der Waals surface area contributed by atoms with E-state index in [2.05, 4.69) is 20.7 Å². The SMILES string of the molecule is Cc1cc(C)n(-c2ccc(C(=O)N[C@H]3CCCNC3)cn2)n1.Cl.Cl. The number of aromatic nitrogens is 3. The number of amides is 1. The molecule has 6 nitrogen and oxygen atoms in total. The molecule has 1 atom stereocenters. The fraction of sp³-hybridized carbons (Fsp3) is 0.438. The van der Waals surface area contributed by atoms with Crippen LogP contribution in [0.2, 0.25) is 0 Å². The van der Waals surface area contributed by atoms with Gasteiger partial charge in [0.1, 0.15) is 0 Å². The van der Waals surface area contributed by atoms with Crippen LogP contribution in [0.15, 0.2) is 24.4 Å². The van der Waals surface area contributed by atoms with Gasteiger partial charge in [-0.05, 0) is 51.4 Å². The highest BCUT2D eigenvalue weighted by Crippen LogP contribution is 2.11. The minimum atomic E-state index is -0.0684. The molecule has 1 aliphatic rings. The van der Waals surface area contributed by atoms with Gasteiger partial charge in [-0.25, -0.2) is 9.67 Å². The summed E-state index contributed by atoms with van der Waals surface area (Å²) in [6, 6.07) is 5.83. The number of aryl methyl sites for hydroxylation is 2. The van der Waals surface area contributed by atoms with E-state index in [0.29, 0.717) is 5.56 Å². The normalized spacial score (nSPS) is 16.7. The zero-order valence-corrected chi connectivity index (χ0v) is 15.4. The average Bonchev–Trinajstić information content (AvgIpc) is 2.87. The van der Waals surface area contributed by atoms with Crippen LogP contribution in [0.3, 0.4) is 0 Å². The molecule has 0 bridgehead atoms. The number of hydrogen-bond donors (Lipinski definition) is 2. The molecule has 1 fully saturated rings. The van der Waals surface area contributed by atoms with E-state index in [1.165, 1.54) is 0 Å². The first-order valence-electron chi connectivity index (χ1n) is 7.65. The maximum atomic E-state index is 12.2. The molecule has 3 heterocycles. The Morgan fingerprint density at radius 1 is 1.33 bits per heavy atom. The molecule has 0 aromatic carbocycles. The molecule has 0 saturated carbocycles. The van der Waals surface area contributed by atoms with Gasteiger partial charge in [0.05, 0.1) is 11.3 Å². The highest BCUT2D eigenvalue weighted by molar-refractivity contribution is 5.94. The predicted molar refractivity (Wildman–Crippen MR) is 98.7 cm³/mol. The third-order valence-corrected chi connectivity index (χ3v) is 3.87. The van der Waals surface area contributed by atoms with Gasteiger partial charge >= 0.3 is 0 Å². The molecular formula is C16H23Cl2N5O. The van der Waals surface area contributed by atoms with Gasteiger partial charge in [0.2, 0.25) is 0 Å². The molecule has 3 rings (SSSR count). The van der Waals surface area contributed by atoms with E-state index in [0.717, 1.165) is 43.1 Å². The number of nitrogens with one attached hydrogen (secondary N) is 2. The first-order chi connectivity index (χ1) is 10.6. The Balaban J connectivity index is 0.00000144.